The standard InChI is InChI=1S/C15H25N5O4/c1-15(2,3)24-14(22)19-8-12(9-19)18-13(21)17-11-7-16-20(10-11)5-6-23-4/h7,10,12H,5-6,8-9H2,1-4H3,(H2,17,18,21). The Hall–Kier alpha value is -2.29. The highest BCUT2D eigenvalue weighted by molar-refractivity contribution is 5.89. The van der Waals surface area contributed by atoms with Gasteiger partial charge in [0.1, 0.15) is 5.60 Å². The topological polar surface area (TPSA) is 97.7 Å². The van der Waals surface area contributed by atoms with Crippen LogP contribution in [0, 0.1) is 0 Å². The van der Waals surface area contributed by atoms with Crippen molar-refractivity contribution in [2.75, 3.05) is 32.1 Å². The summed E-state index contributed by atoms with van der Waals surface area (Å²) in [4.78, 5) is 25.3. The van der Waals surface area contributed by atoms with E-state index in [-0.39, 0.29) is 18.2 Å². The van der Waals surface area contributed by atoms with Crippen LogP contribution < -0.4 is 10.6 Å². The molecule has 3 amide bonds. The Morgan fingerprint density at radius 3 is 2.71 bits per heavy atom. The number of hydrogen-bond acceptors (Lipinski definition) is 5. The summed E-state index contributed by atoms with van der Waals surface area (Å²) in [6.45, 7) is 7.51. The van der Waals surface area contributed by atoms with Crippen molar-refractivity contribution in [2.24, 2.45) is 0 Å². The molecule has 0 unspecified atom stereocenters. The lowest BCUT2D eigenvalue weighted by molar-refractivity contribution is 0.00649. The van der Waals surface area contributed by atoms with E-state index >= 15 is 0 Å². The van der Waals surface area contributed by atoms with Gasteiger partial charge in [-0.05, 0) is 20.8 Å². The van der Waals surface area contributed by atoms with Crippen LogP contribution in [-0.2, 0) is 16.0 Å². The van der Waals surface area contributed by atoms with Gasteiger partial charge in [0, 0.05) is 26.4 Å². The largest absolute Gasteiger partial charge is 0.444 e. The summed E-state index contributed by atoms with van der Waals surface area (Å²) >= 11 is 0. The zero-order valence-electron chi connectivity index (χ0n) is 14.5. The van der Waals surface area contributed by atoms with Crippen LogP contribution in [0.3, 0.4) is 0 Å². The van der Waals surface area contributed by atoms with Crippen molar-refractivity contribution in [3.05, 3.63) is 12.4 Å². The molecular formula is C15H25N5O4. The Kier molecular flexibility index (Phi) is 5.66. The predicted octanol–water partition coefficient (Wildman–Crippen LogP) is 1.27. The number of methoxy groups -OCH3 is 1. The minimum Gasteiger partial charge on any atom is -0.444 e. The van der Waals surface area contributed by atoms with Crippen molar-refractivity contribution in [2.45, 2.75) is 39.0 Å². The SMILES string of the molecule is COCCn1cc(NC(=O)NC2CN(C(=O)OC(C)(C)C)C2)cn1. The van der Waals surface area contributed by atoms with Gasteiger partial charge in [0.15, 0.2) is 0 Å². The van der Waals surface area contributed by atoms with Gasteiger partial charge in [0.25, 0.3) is 0 Å². The molecule has 9 nitrogen and oxygen atoms in total. The highest BCUT2D eigenvalue weighted by Crippen LogP contribution is 2.15. The average Bonchev–Trinajstić information content (AvgIpc) is 2.85. The fourth-order valence-electron chi connectivity index (χ4n) is 2.13. The van der Waals surface area contributed by atoms with Crippen molar-refractivity contribution in [3.63, 3.8) is 0 Å². The van der Waals surface area contributed by atoms with E-state index in [0.717, 1.165) is 0 Å². The lowest BCUT2D eigenvalue weighted by Gasteiger charge is -2.39. The molecule has 1 aliphatic rings. The number of carbonyl (C=O) groups is 2. The van der Waals surface area contributed by atoms with Crippen LogP contribution in [0.25, 0.3) is 0 Å². The van der Waals surface area contributed by atoms with Gasteiger partial charge >= 0.3 is 12.1 Å². The number of nitrogens with one attached hydrogen (secondary N) is 2. The number of urea groups is 1. The molecule has 1 aromatic heterocycles. The third-order valence-electron chi connectivity index (χ3n) is 3.28. The van der Waals surface area contributed by atoms with E-state index in [2.05, 4.69) is 15.7 Å². The Balaban J connectivity index is 1.69. The van der Waals surface area contributed by atoms with E-state index in [1.807, 2.05) is 20.8 Å². The summed E-state index contributed by atoms with van der Waals surface area (Å²) in [7, 11) is 1.62. The number of anilines is 1. The molecule has 0 aliphatic carbocycles. The number of ether oxygens (including phenoxy) is 2. The second-order valence-electron chi connectivity index (χ2n) is 6.67. The van der Waals surface area contributed by atoms with Crippen molar-refractivity contribution in [3.8, 4) is 0 Å². The number of amides is 3. The van der Waals surface area contributed by atoms with Crippen LogP contribution in [0.4, 0.5) is 15.3 Å². The maximum Gasteiger partial charge on any atom is 0.410 e. The molecule has 2 rings (SSSR count). The Labute approximate surface area is 141 Å². The number of nitrogens with zero attached hydrogens (tertiary/aromatic N) is 3. The lowest BCUT2D eigenvalue weighted by atomic mass is 10.1. The minimum atomic E-state index is -0.518. The van der Waals surface area contributed by atoms with E-state index in [0.29, 0.717) is 31.9 Å². The quantitative estimate of drug-likeness (QED) is 0.842. The summed E-state index contributed by atoms with van der Waals surface area (Å²) in [5.74, 6) is 0. The molecule has 24 heavy (non-hydrogen) atoms. The third-order valence-corrected chi connectivity index (χ3v) is 3.28. The van der Waals surface area contributed by atoms with Crippen LogP contribution in [0.5, 0.6) is 0 Å². The smallest absolute Gasteiger partial charge is 0.410 e. The third kappa shape index (κ3) is 5.41. The van der Waals surface area contributed by atoms with Crippen molar-refractivity contribution >= 4 is 17.8 Å². The van der Waals surface area contributed by atoms with Gasteiger partial charge in [-0.1, -0.05) is 0 Å². The first kappa shape index (κ1) is 18.1. The molecule has 1 aromatic rings. The van der Waals surface area contributed by atoms with Gasteiger partial charge in [-0.15, -0.1) is 0 Å². The molecule has 1 saturated heterocycles. The van der Waals surface area contributed by atoms with E-state index < -0.39 is 5.60 Å². The van der Waals surface area contributed by atoms with E-state index in [1.165, 1.54) is 0 Å². The minimum absolute atomic E-state index is 0.0824. The first-order valence-corrected chi connectivity index (χ1v) is 7.83. The first-order valence-electron chi connectivity index (χ1n) is 7.83. The van der Waals surface area contributed by atoms with Gasteiger partial charge in [0.2, 0.25) is 0 Å². The number of rotatable bonds is 5. The molecular weight excluding hydrogens is 314 g/mol. The zero-order valence-corrected chi connectivity index (χ0v) is 14.5. The molecule has 2 N–H and O–H groups in total. The summed E-state index contributed by atoms with van der Waals surface area (Å²) < 4.78 is 11.9. The molecule has 134 valence electrons. The molecule has 1 aliphatic heterocycles. The Morgan fingerprint density at radius 1 is 1.38 bits per heavy atom. The number of hydrogen-bond donors (Lipinski definition) is 2. The molecule has 9 heteroatoms. The molecule has 0 atom stereocenters. The molecule has 2 heterocycles. The van der Waals surface area contributed by atoms with Crippen LogP contribution in [0.2, 0.25) is 0 Å². The van der Waals surface area contributed by atoms with Gasteiger partial charge in [0.05, 0.1) is 31.1 Å². The summed E-state index contributed by atoms with van der Waals surface area (Å²) in [5, 5.41) is 9.63. The van der Waals surface area contributed by atoms with Crippen molar-refractivity contribution in [1.29, 1.82) is 0 Å². The van der Waals surface area contributed by atoms with Crippen molar-refractivity contribution in [1.82, 2.24) is 20.0 Å². The molecule has 1 fully saturated rings. The van der Waals surface area contributed by atoms with E-state index in [9.17, 15) is 9.59 Å². The summed E-state index contributed by atoms with van der Waals surface area (Å²) in [6.07, 6.45) is 2.94. The van der Waals surface area contributed by atoms with Gasteiger partial charge in [-0.2, -0.15) is 5.10 Å². The van der Waals surface area contributed by atoms with E-state index in [4.69, 9.17) is 9.47 Å². The van der Waals surface area contributed by atoms with Crippen LogP contribution >= 0.6 is 0 Å². The molecule has 0 bridgehead atoms. The monoisotopic (exact) mass is 339 g/mol. The van der Waals surface area contributed by atoms with Crippen LogP contribution in [0.15, 0.2) is 12.4 Å². The number of aromatic nitrogens is 2. The Morgan fingerprint density at radius 2 is 2.08 bits per heavy atom. The number of likely N-dealkylation sites (tertiary alicyclic amines) is 1. The summed E-state index contributed by atoms with van der Waals surface area (Å²) in [5.41, 5.74) is 0.0857. The van der Waals surface area contributed by atoms with Crippen molar-refractivity contribution < 1.29 is 19.1 Å². The molecule has 0 spiro atoms. The second-order valence-corrected chi connectivity index (χ2v) is 6.67. The van der Waals surface area contributed by atoms with Crippen LogP contribution in [-0.4, -0.2) is 65.3 Å². The highest BCUT2D eigenvalue weighted by Gasteiger charge is 2.34. The number of carbonyl (C=O) groups excluding carboxylic acids is 2. The van der Waals surface area contributed by atoms with Gasteiger partial charge in [-0.25, -0.2) is 9.59 Å². The first-order chi connectivity index (χ1) is 11.3. The Bertz CT molecular complexity index is 575. The predicted molar refractivity (Wildman–Crippen MR) is 87.9 cm³/mol. The molecule has 0 radical (unpaired) electrons. The molecule has 0 saturated carbocycles. The maximum atomic E-state index is 11.9. The fourth-order valence-corrected chi connectivity index (χ4v) is 2.13. The van der Waals surface area contributed by atoms with Crippen LogP contribution in [0.1, 0.15) is 20.8 Å². The normalized spacial score (nSPS) is 14.9. The average molecular weight is 339 g/mol. The highest BCUT2D eigenvalue weighted by atomic mass is 16.6. The zero-order chi connectivity index (χ0) is 17.7. The van der Waals surface area contributed by atoms with Gasteiger partial charge in [-0.3, -0.25) is 4.68 Å². The summed E-state index contributed by atoms with van der Waals surface area (Å²) in [6, 6.07) is -0.406. The molecule has 0 aromatic carbocycles. The van der Waals surface area contributed by atoms with E-state index in [1.54, 1.807) is 29.1 Å². The lowest BCUT2D eigenvalue weighted by Crippen LogP contribution is -2.62. The fraction of sp³-hybridized carbons (Fsp3) is 0.667. The second kappa shape index (κ2) is 7.52. The maximum absolute atomic E-state index is 11.9. The van der Waals surface area contributed by atoms with Gasteiger partial charge < -0.3 is 25.0 Å².